The molecule has 0 atom stereocenters. The summed E-state index contributed by atoms with van der Waals surface area (Å²) in [6.45, 7) is -0.122. The van der Waals surface area contributed by atoms with Crippen molar-refractivity contribution < 1.29 is 24.5 Å². The summed E-state index contributed by atoms with van der Waals surface area (Å²) in [6.07, 6.45) is 1.15. The first kappa shape index (κ1) is 15.1. The largest absolute Gasteiger partial charge is 0.493 e. The third-order valence-corrected chi connectivity index (χ3v) is 2.94. The fourth-order valence-corrected chi connectivity index (χ4v) is 1.82. The van der Waals surface area contributed by atoms with Crippen molar-refractivity contribution in [3.05, 3.63) is 46.6 Å². The smallest absolute Gasteiger partial charge is 0.337 e. The first-order valence-electron chi connectivity index (χ1n) is 5.89. The lowest BCUT2D eigenvalue weighted by molar-refractivity contribution is 0.0696. The minimum atomic E-state index is -1.12. The van der Waals surface area contributed by atoms with Gasteiger partial charge in [-0.25, -0.2) is 9.78 Å². The van der Waals surface area contributed by atoms with E-state index in [9.17, 15) is 4.79 Å². The molecule has 1 aromatic carbocycles. The molecule has 0 aliphatic heterocycles. The molecule has 110 valence electrons. The molecule has 0 bridgehead atoms. The molecule has 0 saturated carbocycles. The highest BCUT2D eigenvalue weighted by Gasteiger charge is 2.13. The lowest BCUT2D eigenvalue weighted by Gasteiger charge is -2.11. The first-order chi connectivity index (χ1) is 10.0. The van der Waals surface area contributed by atoms with Crippen molar-refractivity contribution in [2.24, 2.45) is 0 Å². The second-order valence-electron chi connectivity index (χ2n) is 4.06. The zero-order chi connectivity index (χ0) is 15.4. The van der Waals surface area contributed by atoms with Crippen LogP contribution >= 0.6 is 11.6 Å². The number of benzene rings is 1. The molecule has 0 radical (unpaired) electrons. The van der Waals surface area contributed by atoms with Crippen LogP contribution in [0.15, 0.2) is 30.5 Å². The molecule has 0 amide bonds. The summed E-state index contributed by atoms with van der Waals surface area (Å²) in [7, 11) is 1.46. The number of aliphatic hydroxyl groups is 1. The summed E-state index contributed by atoms with van der Waals surface area (Å²) in [5.41, 5.74) is 0.634. The van der Waals surface area contributed by atoms with Gasteiger partial charge in [0.1, 0.15) is 5.02 Å². The van der Waals surface area contributed by atoms with E-state index in [0.29, 0.717) is 17.1 Å². The van der Waals surface area contributed by atoms with Crippen LogP contribution < -0.4 is 9.47 Å². The zero-order valence-corrected chi connectivity index (χ0v) is 11.8. The fourth-order valence-electron chi connectivity index (χ4n) is 1.62. The molecule has 0 fully saturated rings. The minimum Gasteiger partial charge on any atom is -0.493 e. The number of carboxylic acid groups (broad SMARTS) is 1. The molecule has 2 N–H and O–H groups in total. The maximum absolute atomic E-state index is 10.8. The standard InChI is InChI=1S/C14H12ClNO5/c1-20-12-4-8(7-17)2-3-11(12)21-13-10(15)5-9(6-16-13)14(18)19/h2-6,17H,7H2,1H3,(H,18,19). The van der Waals surface area contributed by atoms with Gasteiger partial charge in [-0.2, -0.15) is 0 Å². The molecule has 1 heterocycles. The van der Waals surface area contributed by atoms with Gasteiger partial charge in [0.2, 0.25) is 5.88 Å². The topological polar surface area (TPSA) is 88.9 Å². The fraction of sp³-hybridized carbons (Fsp3) is 0.143. The van der Waals surface area contributed by atoms with Crippen LogP contribution in [0.25, 0.3) is 0 Å². The van der Waals surface area contributed by atoms with E-state index >= 15 is 0 Å². The van der Waals surface area contributed by atoms with E-state index in [0.717, 1.165) is 6.20 Å². The van der Waals surface area contributed by atoms with Gasteiger partial charge >= 0.3 is 5.97 Å². The van der Waals surface area contributed by atoms with Crippen LogP contribution in [0.1, 0.15) is 15.9 Å². The van der Waals surface area contributed by atoms with Crippen LogP contribution in [0.4, 0.5) is 0 Å². The molecule has 0 aliphatic carbocycles. The second kappa shape index (κ2) is 6.43. The molecular formula is C14H12ClNO5. The molecule has 7 heteroatoms. The van der Waals surface area contributed by atoms with Crippen molar-refractivity contribution in [2.45, 2.75) is 6.61 Å². The van der Waals surface area contributed by atoms with Gasteiger partial charge in [-0.15, -0.1) is 0 Å². The number of nitrogens with zero attached hydrogens (tertiary/aromatic N) is 1. The number of ether oxygens (including phenoxy) is 2. The zero-order valence-electron chi connectivity index (χ0n) is 11.0. The molecule has 0 spiro atoms. The summed E-state index contributed by atoms with van der Waals surface area (Å²) in [4.78, 5) is 14.7. The normalized spacial score (nSPS) is 10.2. The third-order valence-electron chi connectivity index (χ3n) is 2.67. The van der Waals surface area contributed by atoms with E-state index in [1.165, 1.54) is 13.2 Å². The van der Waals surface area contributed by atoms with Crippen molar-refractivity contribution in [1.29, 1.82) is 0 Å². The summed E-state index contributed by atoms with van der Waals surface area (Å²) in [6, 6.07) is 6.14. The number of hydrogen-bond acceptors (Lipinski definition) is 5. The Kier molecular flexibility index (Phi) is 4.62. The van der Waals surface area contributed by atoms with Gasteiger partial charge in [0.05, 0.1) is 19.3 Å². The quantitative estimate of drug-likeness (QED) is 0.882. The predicted octanol–water partition coefficient (Wildman–Crippen LogP) is 2.73. The Morgan fingerprint density at radius 3 is 2.67 bits per heavy atom. The molecule has 6 nitrogen and oxygen atoms in total. The Bertz CT molecular complexity index is 674. The van der Waals surface area contributed by atoms with Crippen molar-refractivity contribution in [3.8, 4) is 17.4 Å². The van der Waals surface area contributed by atoms with Gasteiger partial charge in [-0.05, 0) is 23.8 Å². The van der Waals surface area contributed by atoms with Crippen LogP contribution in [-0.4, -0.2) is 28.3 Å². The second-order valence-corrected chi connectivity index (χ2v) is 4.47. The highest BCUT2D eigenvalue weighted by atomic mass is 35.5. The summed E-state index contributed by atoms with van der Waals surface area (Å²) < 4.78 is 10.7. The Morgan fingerprint density at radius 1 is 1.33 bits per heavy atom. The number of aliphatic hydroxyl groups excluding tert-OH is 1. The number of carboxylic acids is 1. The van der Waals surface area contributed by atoms with Crippen LogP contribution in [0, 0.1) is 0 Å². The highest BCUT2D eigenvalue weighted by Crippen LogP contribution is 2.34. The van der Waals surface area contributed by atoms with Gasteiger partial charge < -0.3 is 19.7 Å². The van der Waals surface area contributed by atoms with Gasteiger partial charge in [-0.3, -0.25) is 0 Å². The lowest BCUT2D eigenvalue weighted by Crippen LogP contribution is -1.99. The number of aromatic carboxylic acids is 1. The van der Waals surface area contributed by atoms with E-state index in [1.807, 2.05) is 0 Å². The first-order valence-corrected chi connectivity index (χ1v) is 6.27. The molecule has 0 unspecified atom stereocenters. The van der Waals surface area contributed by atoms with E-state index in [1.54, 1.807) is 18.2 Å². The van der Waals surface area contributed by atoms with Gasteiger partial charge in [0.15, 0.2) is 11.5 Å². The number of pyridine rings is 1. The van der Waals surface area contributed by atoms with Crippen LogP contribution in [0.2, 0.25) is 5.02 Å². The van der Waals surface area contributed by atoms with Crippen LogP contribution in [-0.2, 0) is 6.61 Å². The van der Waals surface area contributed by atoms with E-state index in [2.05, 4.69) is 4.98 Å². The highest BCUT2D eigenvalue weighted by molar-refractivity contribution is 6.32. The van der Waals surface area contributed by atoms with Crippen LogP contribution in [0.3, 0.4) is 0 Å². The average Bonchev–Trinajstić information content (AvgIpc) is 2.49. The summed E-state index contributed by atoms with van der Waals surface area (Å²) in [5, 5.41) is 18.0. The Morgan fingerprint density at radius 2 is 2.10 bits per heavy atom. The SMILES string of the molecule is COc1cc(CO)ccc1Oc1ncc(C(=O)O)cc1Cl. The summed E-state index contributed by atoms with van der Waals surface area (Å²) in [5.74, 6) is -0.300. The molecule has 2 rings (SSSR count). The maximum Gasteiger partial charge on any atom is 0.337 e. The summed E-state index contributed by atoms with van der Waals surface area (Å²) >= 11 is 5.95. The van der Waals surface area contributed by atoms with Crippen molar-refractivity contribution in [3.63, 3.8) is 0 Å². The van der Waals surface area contributed by atoms with E-state index < -0.39 is 5.97 Å². The Labute approximate surface area is 125 Å². The van der Waals surface area contributed by atoms with Crippen LogP contribution in [0.5, 0.6) is 17.4 Å². The lowest BCUT2D eigenvalue weighted by atomic mass is 10.2. The molecular weight excluding hydrogens is 298 g/mol. The monoisotopic (exact) mass is 309 g/mol. The average molecular weight is 310 g/mol. The predicted molar refractivity (Wildman–Crippen MR) is 75.2 cm³/mol. The van der Waals surface area contributed by atoms with E-state index in [-0.39, 0.29) is 23.1 Å². The minimum absolute atomic E-state index is 0.0325. The Hall–Kier alpha value is -2.31. The van der Waals surface area contributed by atoms with Gasteiger partial charge in [0.25, 0.3) is 0 Å². The molecule has 0 saturated heterocycles. The number of halogens is 1. The molecule has 0 aliphatic rings. The number of methoxy groups -OCH3 is 1. The number of rotatable bonds is 5. The Balaban J connectivity index is 2.32. The molecule has 21 heavy (non-hydrogen) atoms. The molecule has 2 aromatic rings. The third kappa shape index (κ3) is 3.42. The number of aromatic nitrogens is 1. The van der Waals surface area contributed by atoms with Crippen molar-refractivity contribution >= 4 is 17.6 Å². The number of hydrogen-bond donors (Lipinski definition) is 2. The number of carbonyl (C=O) groups is 1. The maximum atomic E-state index is 10.8. The molecule has 1 aromatic heterocycles. The van der Waals surface area contributed by atoms with Crippen molar-refractivity contribution in [1.82, 2.24) is 4.98 Å². The van der Waals surface area contributed by atoms with E-state index in [4.69, 9.17) is 31.3 Å². The van der Waals surface area contributed by atoms with Crippen molar-refractivity contribution in [2.75, 3.05) is 7.11 Å². The van der Waals surface area contributed by atoms with Gasteiger partial charge in [0, 0.05) is 6.20 Å². The van der Waals surface area contributed by atoms with Gasteiger partial charge in [-0.1, -0.05) is 17.7 Å².